The molecule has 0 fully saturated rings. The van der Waals surface area contributed by atoms with Crippen LogP contribution in [0.5, 0.6) is 5.75 Å². The minimum atomic E-state index is -4.64. The average molecular weight is 467 g/mol. The molecule has 1 aliphatic carbocycles. The van der Waals surface area contributed by atoms with Crippen LogP contribution in [0.4, 0.5) is 13.2 Å². The summed E-state index contributed by atoms with van der Waals surface area (Å²) in [5, 5.41) is 3.71. The molecule has 2 N–H and O–H groups in total. The molecular formula is C26H24F3N3O2. The molecular weight excluding hydrogens is 443 g/mol. The monoisotopic (exact) mass is 467 g/mol. The summed E-state index contributed by atoms with van der Waals surface area (Å²) in [6, 6.07) is 22.0. The van der Waals surface area contributed by atoms with Crippen LogP contribution in [0.1, 0.15) is 16.7 Å². The van der Waals surface area contributed by atoms with Gasteiger partial charge < -0.3 is 15.0 Å². The van der Waals surface area contributed by atoms with Crippen molar-refractivity contribution < 1.29 is 22.7 Å². The van der Waals surface area contributed by atoms with E-state index in [0.717, 1.165) is 36.2 Å². The number of imidazole rings is 1. The van der Waals surface area contributed by atoms with Gasteiger partial charge in [0.25, 0.3) is 0 Å². The average Bonchev–Trinajstić information content (AvgIpc) is 3.49. The van der Waals surface area contributed by atoms with Crippen molar-refractivity contribution in [2.75, 3.05) is 7.11 Å². The van der Waals surface area contributed by atoms with Crippen molar-refractivity contribution in [1.29, 1.82) is 0 Å². The smallest absolute Gasteiger partial charge is 0.446 e. The molecule has 0 bridgehead atoms. The number of aromatic amines is 1. The maximum Gasteiger partial charge on any atom is 0.446 e. The number of hydrogen-bond acceptors (Lipinski definition) is 4. The van der Waals surface area contributed by atoms with E-state index in [4.69, 9.17) is 9.53 Å². The topological polar surface area (TPSA) is 67.0 Å². The molecule has 176 valence electrons. The fourth-order valence-corrected chi connectivity index (χ4v) is 4.15. The number of aromatic nitrogens is 2. The molecule has 0 aliphatic heterocycles. The van der Waals surface area contributed by atoms with E-state index in [1.807, 2.05) is 0 Å². The second kappa shape index (κ2) is 10.1. The van der Waals surface area contributed by atoms with Crippen LogP contribution in [0.3, 0.4) is 0 Å². The van der Waals surface area contributed by atoms with E-state index in [1.165, 1.54) is 27.8 Å². The minimum absolute atomic E-state index is 0.466. The van der Waals surface area contributed by atoms with E-state index in [9.17, 15) is 13.2 Å². The SMILES string of the molecule is COc1cccc2c1CC(NCc1ccc(-c3ccc4nc[nH]c4c3)cc1)C2.O=CC(F)(F)F. The van der Waals surface area contributed by atoms with E-state index in [2.05, 4.69) is 75.9 Å². The van der Waals surface area contributed by atoms with Gasteiger partial charge in [-0.05, 0) is 58.9 Å². The summed E-state index contributed by atoms with van der Waals surface area (Å²) in [5.74, 6) is 1.01. The Morgan fingerprint density at radius 1 is 1.09 bits per heavy atom. The van der Waals surface area contributed by atoms with Crippen LogP contribution >= 0.6 is 0 Å². The summed E-state index contributed by atoms with van der Waals surface area (Å²) in [6.07, 6.45) is -1.87. The Kier molecular flexibility index (Phi) is 6.98. The van der Waals surface area contributed by atoms with Crippen LogP contribution in [0.2, 0.25) is 0 Å². The molecule has 0 radical (unpaired) electrons. The number of hydrogen-bond donors (Lipinski definition) is 2. The lowest BCUT2D eigenvalue weighted by Crippen LogP contribution is -2.28. The molecule has 5 rings (SSSR count). The van der Waals surface area contributed by atoms with Gasteiger partial charge in [-0.3, -0.25) is 4.79 Å². The van der Waals surface area contributed by atoms with Crippen LogP contribution in [0, 0.1) is 0 Å². The molecule has 1 aromatic heterocycles. The number of H-pyrrole nitrogens is 1. The lowest BCUT2D eigenvalue weighted by Gasteiger charge is -2.12. The van der Waals surface area contributed by atoms with Gasteiger partial charge in [0.2, 0.25) is 6.29 Å². The zero-order chi connectivity index (χ0) is 24.1. The number of fused-ring (bicyclic) bond motifs is 2. The normalized spacial score (nSPS) is 14.9. The van der Waals surface area contributed by atoms with E-state index >= 15 is 0 Å². The van der Waals surface area contributed by atoms with Gasteiger partial charge in [0.05, 0.1) is 24.5 Å². The molecule has 0 spiro atoms. The third kappa shape index (κ3) is 5.63. The van der Waals surface area contributed by atoms with Gasteiger partial charge >= 0.3 is 6.18 Å². The molecule has 8 heteroatoms. The van der Waals surface area contributed by atoms with E-state index < -0.39 is 12.5 Å². The molecule has 1 atom stereocenters. The number of benzene rings is 3. The molecule has 1 aliphatic rings. The van der Waals surface area contributed by atoms with Gasteiger partial charge in [0, 0.05) is 12.6 Å². The number of nitrogens with one attached hydrogen (secondary N) is 2. The summed E-state index contributed by atoms with van der Waals surface area (Å²) < 4.78 is 36.8. The number of alkyl halides is 3. The van der Waals surface area contributed by atoms with Crippen molar-refractivity contribution in [2.24, 2.45) is 0 Å². The summed E-state index contributed by atoms with van der Waals surface area (Å²) in [7, 11) is 1.75. The highest BCUT2D eigenvalue weighted by molar-refractivity contribution is 5.81. The predicted octanol–water partition coefficient (Wildman–Crippen LogP) is 5.24. The van der Waals surface area contributed by atoms with Crippen molar-refractivity contribution in [3.63, 3.8) is 0 Å². The summed E-state index contributed by atoms with van der Waals surface area (Å²) >= 11 is 0. The number of carbonyl (C=O) groups excluding carboxylic acids is 1. The number of ether oxygens (including phenoxy) is 1. The Hall–Kier alpha value is -3.65. The quantitative estimate of drug-likeness (QED) is 0.394. The van der Waals surface area contributed by atoms with Crippen LogP contribution in [-0.4, -0.2) is 35.6 Å². The molecule has 5 nitrogen and oxygen atoms in total. The second-order valence-corrected chi connectivity index (χ2v) is 8.07. The number of rotatable bonds is 5. The van der Waals surface area contributed by atoms with Gasteiger partial charge in [0.15, 0.2) is 0 Å². The van der Waals surface area contributed by atoms with Gasteiger partial charge in [0.1, 0.15) is 5.75 Å². The summed E-state index contributed by atoms with van der Waals surface area (Å²) in [6.45, 7) is 0.876. The number of halogens is 3. The highest BCUT2D eigenvalue weighted by Gasteiger charge is 2.25. The highest BCUT2D eigenvalue weighted by atomic mass is 19.4. The zero-order valence-electron chi connectivity index (χ0n) is 18.5. The maximum absolute atomic E-state index is 10.4. The first-order chi connectivity index (χ1) is 16.4. The number of nitrogens with zero attached hydrogens (tertiary/aromatic N) is 1. The van der Waals surface area contributed by atoms with Gasteiger partial charge in [-0.15, -0.1) is 0 Å². The third-order valence-electron chi connectivity index (χ3n) is 5.80. The van der Waals surface area contributed by atoms with Crippen LogP contribution < -0.4 is 10.1 Å². The van der Waals surface area contributed by atoms with E-state index in [1.54, 1.807) is 13.4 Å². The molecule has 34 heavy (non-hydrogen) atoms. The number of methoxy groups -OCH3 is 1. The molecule has 3 aromatic carbocycles. The van der Waals surface area contributed by atoms with Crippen LogP contribution in [0.25, 0.3) is 22.2 Å². The lowest BCUT2D eigenvalue weighted by atomic mass is 10.0. The Morgan fingerprint density at radius 3 is 2.53 bits per heavy atom. The first kappa shape index (κ1) is 23.5. The van der Waals surface area contributed by atoms with Crippen molar-refractivity contribution in [2.45, 2.75) is 31.6 Å². The Morgan fingerprint density at radius 2 is 1.82 bits per heavy atom. The largest absolute Gasteiger partial charge is 0.496 e. The van der Waals surface area contributed by atoms with Gasteiger partial charge in [-0.1, -0.05) is 42.5 Å². The predicted molar refractivity (Wildman–Crippen MR) is 125 cm³/mol. The maximum atomic E-state index is 10.4. The first-order valence-electron chi connectivity index (χ1n) is 10.8. The second-order valence-electron chi connectivity index (χ2n) is 8.07. The van der Waals surface area contributed by atoms with E-state index in [-0.39, 0.29) is 0 Å². The summed E-state index contributed by atoms with van der Waals surface area (Å²) in [5.41, 5.74) is 8.55. The number of carbonyl (C=O) groups is 1. The lowest BCUT2D eigenvalue weighted by molar-refractivity contribution is -0.156. The fraction of sp³-hybridized carbons (Fsp3) is 0.231. The molecule has 1 heterocycles. The minimum Gasteiger partial charge on any atom is -0.496 e. The molecule has 0 saturated carbocycles. The number of aldehydes is 1. The van der Waals surface area contributed by atoms with Crippen molar-refractivity contribution in [1.82, 2.24) is 15.3 Å². The Bertz CT molecular complexity index is 1270. The van der Waals surface area contributed by atoms with Crippen molar-refractivity contribution >= 4 is 17.3 Å². The molecule has 1 unspecified atom stereocenters. The Labute approximate surface area is 195 Å². The Balaban J connectivity index is 0.000000408. The third-order valence-corrected chi connectivity index (χ3v) is 5.80. The van der Waals surface area contributed by atoms with Crippen LogP contribution in [0.15, 0.2) is 67.0 Å². The van der Waals surface area contributed by atoms with Crippen molar-refractivity contribution in [3.8, 4) is 16.9 Å². The highest BCUT2D eigenvalue weighted by Crippen LogP contribution is 2.30. The fourth-order valence-electron chi connectivity index (χ4n) is 4.15. The molecule has 4 aromatic rings. The van der Waals surface area contributed by atoms with Gasteiger partial charge in [-0.25, -0.2) is 4.98 Å². The van der Waals surface area contributed by atoms with Crippen LogP contribution in [-0.2, 0) is 24.2 Å². The van der Waals surface area contributed by atoms with E-state index in [0.29, 0.717) is 6.04 Å². The standard InChI is InChI=1S/C24H23N3O.C2HF3O/c1-28-24-4-2-3-19-11-20(13-21(19)24)25-14-16-5-7-17(8-6-16)18-9-10-22-23(12-18)27-15-26-22;3-2(4,5)1-6/h2-10,12,15,20,25H,11,13-14H2,1H3,(H,26,27);1H. The summed E-state index contributed by atoms with van der Waals surface area (Å²) in [4.78, 5) is 16.2. The molecule has 0 amide bonds. The molecule has 0 saturated heterocycles. The van der Waals surface area contributed by atoms with Crippen molar-refractivity contribution in [3.05, 3.63) is 83.7 Å². The van der Waals surface area contributed by atoms with Gasteiger partial charge in [-0.2, -0.15) is 13.2 Å². The zero-order valence-corrected chi connectivity index (χ0v) is 18.5. The first-order valence-corrected chi connectivity index (χ1v) is 10.8.